The number of aryl methyl sites for hydroxylation is 1. The number of nitrogens with zero attached hydrogens (tertiary/aromatic N) is 1. The quantitative estimate of drug-likeness (QED) is 0.839. The highest BCUT2D eigenvalue weighted by Crippen LogP contribution is 2.19. The molecule has 0 bridgehead atoms. The fraction of sp³-hybridized carbons (Fsp3) is 0.368. The molecular weight excluding hydrogens is 320 g/mol. The minimum Gasteiger partial charge on any atom is -0.378 e. The van der Waals surface area contributed by atoms with Gasteiger partial charge in [0.05, 0.1) is 5.01 Å². The highest BCUT2D eigenvalue weighted by atomic mass is 32.1. The van der Waals surface area contributed by atoms with E-state index in [0.717, 1.165) is 10.7 Å². The van der Waals surface area contributed by atoms with Gasteiger partial charge in [0.15, 0.2) is 0 Å². The molecule has 0 radical (unpaired) electrons. The zero-order chi connectivity index (χ0) is 17.7. The van der Waals surface area contributed by atoms with Crippen LogP contribution in [-0.4, -0.2) is 28.1 Å². The first-order valence-corrected chi connectivity index (χ1v) is 8.68. The first kappa shape index (κ1) is 18.2. The van der Waals surface area contributed by atoms with Gasteiger partial charge < -0.3 is 10.4 Å². The maximum Gasteiger partial charge on any atom is 0.251 e. The molecule has 0 aliphatic carbocycles. The Kier molecular flexibility index (Phi) is 5.76. The van der Waals surface area contributed by atoms with Gasteiger partial charge in [-0.3, -0.25) is 4.79 Å². The van der Waals surface area contributed by atoms with Crippen LogP contribution in [0.2, 0.25) is 0 Å². The lowest BCUT2D eigenvalue weighted by Gasteiger charge is -2.10. The van der Waals surface area contributed by atoms with Crippen molar-refractivity contribution >= 4 is 17.2 Å². The Morgan fingerprint density at radius 2 is 2.21 bits per heavy atom. The first-order valence-electron chi connectivity index (χ1n) is 7.80. The summed E-state index contributed by atoms with van der Waals surface area (Å²) in [6.07, 6.45) is 0. The average molecular weight is 342 g/mol. The second-order valence-corrected chi connectivity index (χ2v) is 7.22. The number of amides is 1. The number of carbonyl (C=O) groups is 1. The first-order chi connectivity index (χ1) is 11.2. The summed E-state index contributed by atoms with van der Waals surface area (Å²) in [6, 6.07) is 7.09. The Morgan fingerprint density at radius 1 is 1.46 bits per heavy atom. The normalized spacial score (nSPS) is 12.2. The zero-order valence-corrected chi connectivity index (χ0v) is 15.2. The van der Waals surface area contributed by atoms with Gasteiger partial charge in [-0.05, 0) is 39.0 Å². The van der Waals surface area contributed by atoms with Gasteiger partial charge in [-0.2, -0.15) is 0 Å². The minimum absolute atomic E-state index is 0.137. The van der Waals surface area contributed by atoms with Crippen LogP contribution in [0.1, 0.15) is 53.3 Å². The summed E-state index contributed by atoms with van der Waals surface area (Å²) in [5.74, 6) is 5.67. The van der Waals surface area contributed by atoms with E-state index in [2.05, 4.69) is 22.1 Å². The lowest BCUT2D eigenvalue weighted by atomic mass is 10.1. The Balaban J connectivity index is 2.00. The van der Waals surface area contributed by atoms with Crippen LogP contribution in [-0.2, 0) is 0 Å². The van der Waals surface area contributed by atoms with E-state index in [9.17, 15) is 9.90 Å². The molecule has 2 rings (SSSR count). The third kappa shape index (κ3) is 5.48. The number of thiazole rings is 1. The summed E-state index contributed by atoms with van der Waals surface area (Å²) in [5, 5.41) is 15.6. The molecule has 24 heavy (non-hydrogen) atoms. The minimum atomic E-state index is -1.06. The number of aromatic nitrogens is 1. The summed E-state index contributed by atoms with van der Waals surface area (Å²) in [5.41, 5.74) is 1.21. The maximum absolute atomic E-state index is 12.3. The molecule has 2 aromatic rings. The van der Waals surface area contributed by atoms with E-state index in [1.54, 1.807) is 43.4 Å². The van der Waals surface area contributed by atoms with Gasteiger partial charge in [-0.1, -0.05) is 24.8 Å². The smallest absolute Gasteiger partial charge is 0.251 e. The number of hydrogen-bond acceptors (Lipinski definition) is 4. The van der Waals surface area contributed by atoms with E-state index >= 15 is 0 Å². The molecule has 0 saturated heterocycles. The van der Waals surface area contributed by atoms with Crippen molar-refractivity contribution < 1.29 is 9.90 Å². The Hall–Kier alpha value is -2.16. The Labute approximate surface area is 147 Å². The van der Waals surface area contributed by atoms with E-state index < -0.39 is 5.60 Å². The molecule has 2 N–H and O–H groups in total. The molecule has 1 heterocycles. The Morgan fingerprint density at radius 3 is 2.83 bits per heavy atom. The van der Waals surface area contributed by atoms with Crippen molar-refractivity contribution in [2.24, 2.45) is 0 Å². The summed E-state index contributed by atoms with van der Waals surface area (Å²) < 4.78 is 0. The molecule has 1 aromatic carbocycles. The van der Waals surface area contributed by atoms with Gasteiger partial charge in [0, 0.05) is 34.7 Å². The molecule has 0 spiro atoms. The third-order valence-electron chi connectivity index (χ3n) is 3.26. The van der Waals surface area contributed by atoms with E-state index in [1.807, 2.05) is 25.3 Å². The molecule has 0 aliphatic heterocycles. The van der Waals surface area contributed by atoms with E-state index in [-0.39, 0.29) is 11.8 Å². The van der Waals surface area contributed by atoms with Gasteiger partial charge in [0.25, 0.3) is 5.91 Å². The SMILES string of the molecule is Cc1csc([C@@H](C)CNC(=O)c2cccc(C#CC(C)(C)O)c2)n1. The van der Waals surface area contributed by atoms with E-state index in [0.29, 0.717) is 17.7 Å². The predicted molar refractivity (Wildman–Crippen MR) is 97.2 cm³/mol. The molecule has 0 fully saturated rings. The number of carbonyl (C=O) groups excluding carboxylic acids is 1. The van der Waals surface area contributed by atoms with Gasteiger partial charge >= 0.3 is 0 Å². The number of nitrogens with one attached hydrogen (secondary N) is 1. The second-order valence-electron chi connectivity index (χ2n) is 6.33. The third-order valence-corrected chi connectivity index (χ3v) is 4.46. The number of benzene rings is 1. The van der Waals surface area contributed by atoms with E-state index in [4.69, 9.17) is 0 Å². The number of aliphatic hydroxyl groups is 1. The molecule has 1 aromatic heterocycles. The fourth-order valence-electron chi connectivity index (χ4n) is 2.00. The molecule has 1 amide bonds. The van der Waals surface area contributed by atoms with Crippen LogP contribution in [0.5, 0.6) is 0 Å². The largest absolute Gasteiger partial charge is 0.378 e. The van der Waals surface area contributed by atoms with Crippen LogP contribution in [0, 0.1) is 18.8 Å². The van der Waals surface area contributed by atoms with Crippen molar-refractivity contribution in [3.05, 3.63) is 51.5 Å². The number of hydrogen-bond donors (Lipinski definition) is 2. The van der Waals surface area contributed by atoms with Crippen molar-refractivity contribution in [3.63, 3.8) is 0 Å². The lowest BCUT2D eigenvalue weighted by molar-refractivity contribution is 0.0951. The maximum atomic E-state index is 12.3. The monoisotopic (exact) mass is 342 g/mol. The van der Waals surface area contributed by atoms with Crippen molar-refractivity contribution in [2.75, 3.05) is 6.54 Å². The summed E-state index contributed by atoms with van der Waals surface area (Å²) in [4.78, 5) is 16.8. The van der Waals surface area contributed by atoms with Crippen molar-refractivity contribution in [3.8, 4) is 11.8 Å². The molecule has 126 valence electrons. The zero-order valence-electron chi connectivity index (χ0n) is 14.4. The molecule has 0 unspecified atom stereocenters. The molecule has 0 aliphatic rings. The van der Waals surface area contributed by atoms with Crippen LogP contribution < -0.4 is 5.32 Å². The second kappa shape index (κ2) is 7.61. The average Bonchev–Trinajstić information content (AvgIpc) is 2.96. The molecule has 0 saturated carbocycles. The van der Waals surface area contributed by atoms with Crippen LogP contribution in [0.4, 0.5) is 0 Å². The van der Waals surface area contributed by atoms with Crippen molar-refractivity contribution in [2.45, 2.75) is 39.2 Å². The van der Waals surface area contributed by atoms with Crippen LogP contribution in [0.25, 0.3) is 0 Å². The summed E-state index contributed by atoms with van der Waals surface area (Å²) >= 11 is 1.61. The van der Waals surface area contributed by atoms with Crippen LogP contribution in [0.15, 0.2) is 29.6 Å². The van der Waals surface area contributed by atoms with Gasteiger partial charge in [-0.25, -0.2) is 4.98 Å². The van der Waals surface area contributed by atoms with Gasteiger partial charge in [-0.15, -0.1) is 11.3 Å². The molecule has 4 nitrogen and oxygen atoms in total. The van der Waals surface area contributed by atoms with Gasteiger partial charge in [0.2, 0.25) is 0 Å². The van der Waals surface area contributed by atoms with Crippen molar-refractivity contribution in [1.82, 2.24) is 10.3 Å². The lowest BCUT2D eigenvalue weighted by Crippen LogP contribution is -2.27. The summed E-state index contributed by atoms with van der Waals surface area (Å²) in [7, 11) is 0. The summed E-state index contributed by atoms with van der Waals surface area (Å²) in [6.45, 7) is 7.79. The molecular formula is C19H22N2O2S. The highest BCUT2D eigenvalue weighted by Gasteiger charge is 2.12. The topological polar surface area (TPSA) is 62.2 Å². The molecule has 5 heteroatoms. The molecule has 1 atom stereocenters. The number of rotatable bonds is 4. The standard InChI is InChI=1S/C19H22N2O2S/c1-13(18-21-14(2)12-24-18)11-20-17(22)16-7-5-6-15(10-16)8-9-19(3,4)23/h5-7,10,12-13,23H,11H2,1-4H3,(H,20,22)/t13-/m0/s1. The van der Waals surface area contributed by atoms with Crippen LogP contribution in [0.3, 0.4) is 0 Å². The Bertz CT molecular complexity index is 778. The highest BCUT2D eigenvalue weighted by molar-refractivity contribution is 7.09. The van der Waals surface area contributed by atoms with E-state index in [1.165, 1.54) is 0 Å². The fourth-order valence-corrected chi connectivity index (χ4v) is 2.85. The van der Waals surface area contributed by atoms with Gasteiger partial charge in [0.1, 0.15) is 5.60 Å². The predicted octanol–water partition coefficient (Wildman–Crippen LogP) is 3.11. The van der Waals surface area contributed by atoms with Crippen molar-refractivity contribution in [1.29, 1.82) is 0 Å². The van der Waals surface area contributed by atoms with Crippen LogP contribution >= 0.6 is 11.3 Å².